The molecule has 1 saturated carbocycles. The Morgan fingerprint density at radius 1 is 1.31 bits per heavy atom. The van der Waals surface area contributed by atoms with Crippen molar-refractivity contribution in [3.63, 3.8) is 0 Å². The van der Waals surface area contributed by atoms with Crippen LogP contribution in [0.2, 0.25) is 0 Å². The molecule has 0 saturated heterocycles. The van der Waals surface area contributed by atoms with E-state index in [-0.39, 0.29) is 0 Å². The van der Waals surface area contributed by atoms with E-state index in [0.717, 1.165) is 19.0 Å². The lowest BCUT2D eigenvalue weighted by atomic mass is 9.95. The summed E-state index contributed by atoms with van der Waals surface area (Å²) in [4.78, 5) is 4.12. The number of aromatic nitrogens is 1. The van der Waals surface area contributed by atoms with E-state index in [1.807, 2.05) is 12.4 Å². The van der Waals surface area contributed by atoms with Crippen LogP contribution in [0.25, 0.3) is 0 Å². The molecule has 0 atom stereocenters. The summed E-state index contributed by atoms with van der Waals surface area (Å²) in [6, 6.07) is 2.91. The molecule has 1 aliphatic carbocycles. The van der Waals surface area contributed by atoms with Crippen molar-refractivity contribution in [3.05, 3.63) is 29.6 Å². The van der Waals surface area contributed by atoms with Gasteiger partial charge in [-0.2, -0.15) is 0 Å². The maximum atomic E-state index is 4.12. The van der Waals surface area contributed by atoms with Gasteiger partial charge >= 0.3 is 0 Å². The van der Waals surface area contributed by atoms with Crippen molar-refractivity contribution in [1.82, 2.24) is 10.3 Å². The second kappa shape index (κ2) is 6.00. The maximum Gasteiger partial charge on any atom is 0.0299 e. The monoisotopic (exact) mass is 218 g/mol. The Bertz CT molecular complexity index is 316. The second-order valence-electron chi connectivity index (χ2n) is 4.84. The average molecular weight is 218 g/mol. The van der Waals surface area contributed by atoms with Gasteiger partial charge in [-0.05, 0) is 49.9 Å². The highest BCUT2D eigenvalue weighted by Crippen LogP contribution is 2.17. The molecule has 0 aromatic carbocycles. The van der Waals surface area contributed by atoms with Gasteiger partial charge in [-0.3, -0.25) is 4.98 Å². The molecular formula is C14H22N2. The topological polar surface area (TPSA) is 24.9 Å². The highest BCUT2D eigenvalue weighted by atomic mass is 14.9. The van der Waals surface area contributed by atoms with Gasteiger partial charge in [0.1, 0.15) is 0 Å². The van der Waals surface area contributed by atoms with Crippen molar-refractivity contribution in [3.8, 4) is 0 Å². The molecule has 2 nitrogen and oxygen atoms in total. The van der Waals surface area contributed by atoms with E-state index >= 15 is 0 Å². The molecule has 2 heteroatoms. The van der Waals surface area contributed by atoms with Gasteiger partial charge in [0.05, 0.1) is 0 Å². The number of nitrogens with zero attached hydrogens (tertiary/aromatic N) is 1. The van der Waals surface area contributed by atoms with E-state index in [2.05, 4.69) is 23.3 Å². The lowest BCUT2D eigenvalue weighted by Crippen LogP contribution is -2.32. The lowest BCUT2D eigenvalue weighted by molar-refractivity contribution is 0.375. The third kappa shape index (κ3) is 3.31. The third-order valence-corrected chi connectivity index (χ3v) is 3.57. The molecule has 0 radical (unpaired) electrons. The van der Waals surface area contributed by atoms with Crippen LogP contribution in [0, 0.1) is 6.92 Å². The molecule has 1 aliphatic rings. The lowest BCUT2D eigenvalue weighted by Gasteiger charge is -2.22. The molecule has 1 N–H and O–H groups in total. The summed E-state index contributed by atoms with van der Waals surface area (Å²) in [5, 5.41) is 3.68. The molecule has 1 heterocycles. The van der Waals surface area contributed by atoms with E-state index in [4.69, 9.17) is 0 Å². The largest absolute Gasteiger partial charge is 0.314 e. The van der Waals surface area contributed by atoms with Crippen LogP contribution in [-0.4, -0.2) is 17.6 Å². The van der Waals surface area contributed by atoms with Crippen molar-refractivity contribution in [2.24, 2.45) is 0 Å². The Hall–Kier alpha value is -0.890. The quantitative estimate of drug-likeness (QED) is 0.840. The normalized spacial score (nSPS) is 17.6. The molecule has 88 valence electrons. The molecule has 1 fully saturated rings. The van der Waals surface area contributed by atoms with E-state index < -0.39 is 0 Å². The number of nitrogens with one attached hydrogen (secondary N) is 1. The third-order valence-electron chi connectivity index (χ3n) is 3.57. The van der Waals surface area contributed by atoms with Crippen molar-refractivity contribution >= 4 is 0 Å². The first kappa shape index (κ1) is 11.6. The molecule has 0 unspecified atom stereocenters. The first-order chi connectivity index (χ1) is 7.86. The van der Waals surface area contributed by atoms with E-state index in [9.17, 15) is 0 Å². The highest BCUT2D eigenvalue weighted by Gasteiger charge is 2.11. The fraction of sp³-hybridized carbons (Fsp3) is 0.643. The number of pyridine rings is 1. The Labute approximate surface area is 98.5 Å². The minimum atomic E-state index is 0.774. The summed E-state index contributed by atoms with van der Waals surface area (Å²) in [6.07, 6.45) is 12.0. The Balaban J connectivity index is 1.73. The summed E-state index contributed by atoms with van der Waals surface area (Å²) < 4.78 is 0. The summed E-state index contributed by atoms with van der Waals surface area (Å²) in [5.41, 5.74) is 2.74. The molecule has 0 bridgehead atoms. The molecule has 0 spiro atoms. The van der Waals surface area contributed by atoms with Crippen LogP contribution in [0.15, 0.2) is 18.5 Å². The molecule has 1 aromatic rings. The van der Waals surface area contributed by atoms with Gasteiger partial charge in [0.25, 0.3) is 0 Å². The van der Waals surface area contributed by atoms with Crippen LogP contribution >= 0.6 is 0 Å². The summed E-state index contributed by atoms with van der Waals surface area (Å²) >= 11 is 0. The van der Waals surface area contributed by atoms with E-state index in [1.165, 1.54) is 43.2 Å². The van der Waals surface area contributed by atoms with E-state index in [1.54, 1.807) is 0 Å². The predicted molar refractivity (Wildman–Crippen MR) is 67.6 cm³/mol. The zero-order valence-electron chi connectivity index (χ0n) is 10.2. The standard InChI is InChI=1S/C14H22N2/c1-12-11-15-9-7-13(12)8-10-16-14-5-3-2-4-6-14/h7,9,11,14,16H,2-6,8,10H2,1H3. The van der Waals surface area contributed by atoms with Crippen LogP contribution in [0.5, 0.6) is 0 Å². The van der Waals surface area contributed by atoms with E-state index in [0.29, 0.717) is 0 Å². The van der Waals surface area contributed by atoms with Crippen molar-refractivity contribution in [2.75, 3.05) is 6.54 Å². The number of rotatable bonds is 4. The minimum absolute atomic E-state index is 0.774. The number of aryl methyl sites for hydroxylation is 1. The predicted octanol–water partition coefficient (Wildman–Crippen LogP) is 2.85. The summed E-state index contributed by atoms with van der Waals surface area (Å²) in [6.45, 7) is 3.25. The van der Waals surface area contributed by atoms with Crippen molar-refractivity contribution in [1.29, 1.82) is 0 Å². The van der Waals surface area contributed by atoms with Crippen LogP contribution in [0.1, 0.15) is 43.2 Å². The van der Waals surface area contributed by atoms with Gasteiger partial charge in [-0.15, -0.1) is 0 Å². The zero-order valence-corrected chi connectivity index (χ0v) is 10.2. The molecule has 16 heavy (non-hydrogen) atoms. The van der Waals surface area contributed by atoms with Gasteiger partial charge in [-0.1, -0.05) is 19.3 Å². The van der Waals surface area contributed by atoms with Gasteiger partial charge in [0.15, 0.2) is 0 Å². The summed E-state index contributed by atoms with van der Waals surface area (Å²) in [7, 11) is 0. The van der Waals surface area contributed by atoms with Crippen molar-refractivity contribution in [2.45, 2.75) is 51.5 Å². The minimum Gasteiger partial charge on any atom is -0.314 e. The van der Waals surface area contributed by atoms with Gasteiger partial charge < -0.3 is 5.32 Å². The van der Waals surface area contributed by atoms with Gasteiger partial charge in [0, 0.05) is 18.4 Å². The zero-order chi connectivity index (χ0) is 11.2. The smallest absolute Gasteiger partial charge is 0.0299 e. The Morgan fingerprint density at radius 2 is 2.12 bits per heavy atom. The van der Waals surface area contributed by atoms with Gasteiger partial charge in [0.2, 0.25) is 0 Å². The molecule has 1 aromatic heterocycles. The fourth-order valence-corrected chi connectivity index (χ4v) is 2.50. The number of hydrogen-bond donors (Lipinski definition) is 1. The average Bonchev–Trinajstić information content (AvgIpc) is 2.33. The molecule has 0 aliphatic heterocycles. The Morgan fingerprint density at radius 3 is 2.88 bits per heavy atom. The molecule has 0 amide bonds. The fourth-order valence-electron chi connectivity index (χ4n) is 2.50. The highest BCUT2D eigenvalue weighted by molar-refractivity contribution is 5.21. The first-order valence-corrected chi connectivity index (χ1v) is 6.49. The number of hydrogen-bond acceptors (Lipinski definition) is 2. The van der Waals surface area contributed by atoms with Gasteiger partial charge in [-0.25, -0.2) is 0 Å². The van der Waals surface area contributed by atoms with Crippen molar-refractivity contribution < 1.29 is 0 Å². The molecular weight excluding hydrogens is 196 g/mol. The van der Waals surface area contributed by atoms with Crippen LogP contribution in [0.3, 0.4) is 0 Å². The SMILES string of the molecule is Cc1cnccc1CCNC1CCCCC1. The second-order valence-corrected chi connectivity index (χ2v) is 4.84. The summed E-state index contributed by atoms with van der Waals surface area (Å²) in [5.74, 6) is 0. The first-order valence-electron chi connectivity index (χ1n) is 6.49. The van der Waals surface area contributed by atoms with Crippen LogP contribution < -0.4 is 5.32 Å². The molecule has 2 rings (SSSR count). The maximum absolute atomic E-state index is 4.12. The van der Waals surface area contributed by atoms with Crippen LogP contribution in [0.4, 0.5) is 0 Å². The Kier molecular flexibility index (Phi) is 4.34. The van der Waals surface area contributed by atoms with Crippen LogP contribution in [-0.2, 0) is 6.42 Å².